The predicted molar refractivity (Wildman–Crippen MR) is 64.8 cm³/mol. The molecule has 1 aromatic heterocycles. The third-order valence-electron chi connectivity index (χ3n) is 2.25. The lowest BCUT2D eigenvalue weighted by atomic mass is 10.3. The van der Waals surface area contributed by atoms with Crippen LogP contribution < -0.4 is 0 Å². The van der Waals surface area contributed by atoms with E-state index < -0.39 is 0 Å². The fraction of sp³-hybridized carbons (Fsp3) is 0.0833. The average molecular weight is 280 g/mol. The number of aromatic nitrogens is 1. The van der Waals surface area contributed by atoms with Crippen molar-refractivity contribution >= 4 is 21.9 Å². The van der Waals surface area contributed by atoms with Crippen molar-refractivity contribution < 1.29 is 9.53 Å². The van der Waals surface area contributed by atoms with E-state index >= 15 is 0 Å². The molecule has 0 spiro atoms. The van der Waals surface area contributed by atoms with E-state index in [2.05, 4.69) is 15.9 Å². The van der Waals surface area contributed by atoms with Crippen LogP contribution in [0.25, 0.3) is 5.69 Å². The number of carbonyl (C=O) groups excluding carboxylic acids is 1. The maximum absolute atomic E-state index is 11.5. The van der Waals surface area contributed by atoms with Gasteiger partial charge in [-0.1, -0.05) is 15.9 Å². The lowest BCUT2D eigenvalue weighted by Gasteiger charge is -2.07. The van der Waals surface area contributed by atoms with E-state index in [1.807, 2.05) is 36.5 Å². The maximum Gasteiger partial charge on any atom is 0.355 e. The normalized spacial score (nSPS) is 10.1. The van der Waals surface area contributed by atoms with Gasteiger partial charge in [-0.15, -0.1) is 0 Å². The smallest absolute Gasteiger partial charge is 0.355 e. The van der Waals surface area contributed by atoms with Crippen LogP contribution in [0.3, 0.4) is 0 Å². The minimum atomic E-state index is -0.340. The number of carbonyl (C=O) groups is 1. The first-order valence-electron chi connectivity index (χ1n) is 4.74. The predicted octanol–water partition coefficient (Wildman–Crippen LogP) is 3.03. The van der Waals surface area contributed by atoms with Crippen LogP contribution >= 0.6 is 15.9 Å². The number of methoxy groups -OCH3 is 1. The summed E-state index contributed by atoms with van der Waals surface area (Å²) in [6.07, 6.45) is 1.83. The summed E-state index contributed by atoms with van der Waals surface area (Å²) in [4.78, 5) is 11.5. The second-order valence-corrected chi connectivity index (χ2v) is 4.15. The Bertz CT molecular complexity index is 502. The molecule has 0 amide bonds. The van der Waals surface area contributed by atoms with Gasteiger partial charge in [0.15, 0.2) is 0 Å². The van der Waals surface area contributed by atoms with Crippen LogP contribution in [0, 0.1) is 0 Å². The van der Waals surface area contributed by atoms with Crippen LogP contribution in [0.15, 0.2) is 47.1 Å². The Kier molecular flexibility index (Phi) is 3.10. The second kappa shape index (κ2) is 4.53. The van der Waals surface area contributed by atoms with Crippen molar-refractivity contribution in [2.75, 3.05) is 7.11 Å². The molecule has 2 aromatic rings. The summed E-state index contributed by atoms with van der Waals surface area (Å²) in [5, 5.41) is 0. The number of hydrogen-bond donors (Lipinski definition) is 0. The molecule has 0 unspecified atom stereocenters. The SMILES string of the molecule is COC(=O)c1cccn1-c1ccc(Br)cc1. The van der Waals surface area contributed by atoms with Gasteiger partial charge in [-0.3, -0.25) is 0 Å². The van der Waals surface area contributed by atoms with Gasteiger partial charge in [0.05, 0.1) is 7.11 Å². The van der Waals surface area contributed by atoms with Crippen molar-refractivity contribution in [1.82, 2.24) is 4.57 Å². The molecule has 82 valence electrons. The van der Waals surface area contributed by atoms with Gasteiger partial charge in [0.25, 0.3) is 0 Å². The number of ether oxygens (including phenoxy) is 1. The number of hydrogen-bond acceptors (Lipinski definition) is 2. The van der Waals surface area contributed by atoms with E-state index in [1.165, 1.54) is 7.11 Å². The third-order valence-corrected chi connectivity index (χ3v) is 2.78. The fourth-order valence-corrected chi connectivity index (χ4v) is 1.74. The van der Waals surface area contributed by atoms with E-state index in [-0.39, 0.29) is 5.97 Å². The monoisotopic (exact) mass is 279 g/mol. The molecule has 0 bridgehead atoms. The molecule has 1 aromatic carbocycles. The number of halogens is 1. The molecule has 0 saturated heterocycles. The van der Waals surface area contributed by atoms with Crippen LogP contribution in [0.2, 0.25) is 0 Å². The lowest BCUT2D eigenvalue weighted by molar-refractivity contribution is 0.0591. The van der Waals surface area contributed by atoms with Crippen LogP contribution in [0.4, 0.5) is 0 Å². The van der Waals surface area contributed by atoms with Crippen molar-refractivity contribution in [1.29, 1.82) is 0 Å². The highest BCUT2D eigenvalue weighted by atomic mass is 79.9. The van der Waals surface area contributed by atoms with Crippen LogP contribution in [-0.4, -0.2) is 17.6 Å². The zero-order valence-electron chi connectivity index (χ0n) is 8.68. The van der Waals surface area contributed by atoms with Gasteiger partial charge in [-0.2, -0.15) is 0 Å². The van der Waals surface area contributed by atoms with Gasteiger partial charge < -0.3 is 9.30 Å². The number of nitrogens with zero attached hydrogens (tertiary/aromatic N) is 1. The number of rotatable bonds is 2. The zero-order valence-corrected chi connectivity index (χ0v) is 10.3. The highest BCUT2D eigenvalue weighted by Gasteiger charge is 2.11. The molecule has 0 aliphatic carbocycles. The Morgan fingerprint density at radius 2 is 1.94 bits per heavy atom. The summed E-state index contributed by atoms with van der Waals surface area (Å²) in [5.41, 5.74) is 1.44. The Labute approximate surface area is 102 Å². The molecule has 4 heteroatoms. The molecule has 0 aliphatic rings. The molecule has 0 fully saturated rings. The van der Waals surface area contributed by atoms with Gasteiger partial charge in [-0.25, -0.2) is 4.79 Å². The summed E-state index contributed by atoms with van der Waals surface area (Å²) in [6.45, 7) is 0. The van der Waals surface area contributed by atoms with E-state index in [1.54, 1.807) is 10.6 Å². The topological polar surface area (TPSA) is 31.2 Å². The van der Waals surface area contributed by atoms with E-state index in [0.717, 1.165) is 10.2 Å². The Morgan fingerprint density at radius 1 is 1.25 bits per heavy atom. The molecule has 3 nitrogen and oxygen atoms in total. The molecule has 0 radical (unpaired) electrons. The molecular weight excluding hydrogens is 270 g/mol. The van der Waals surface area contributed by atoms with Gasteiger partial charge in [-0.05, 0) is 36.4 Å². The first kappa shape index (κ1) is 11.0. The van der Waals surface area contributed by atoms with Crippen molar-refractivity contribution in [2.45, 2.75) is 0 Å². The summed E-state index contributed by atoms with van der Waals surface area (Å²) >= 11 is 3.37. The van der Waals surface area contributed by atoms with Crippen molar-refractivity contribution in [2.24, 2.45) is 0 Å². The van der Waals surface area contributed by atoms with Gasteiger partial charge in [0.1, 0.15) is 5.69 Å². The Balaban J connectivity index is 2.44. The second-order valence-electron chi connectivity index (χ2n) is 3.23. The largest absolute Gasteiger partial charge is 0.464 e. The molecule has 0 N–H and O–H groups in total. The van der Waals surface area contributed by atoms with Crippen molar-refractivity contribution in [3.8, 4) is 5.69 Å². The molecule has 0 atom stereocenters. The average Bonchev–Trinajstić information content (AvgIpc) is 2.78. The summed E-state index contributed by atoms with van der Waals surface area (Å²) in [5.74, 6) is -0.340. The van der Waals surface area contributed by atoms with Crippen LogP contribution in [-0.2, 0) is 4.74 Å². The Morgan fingerprint density at radius 3 is 2.56 bits per heavy atom. The van der Waals surface area contributed by atoms with E-state index in [4.69, 9.17) is 4.74 Å². The molecule has 16 heavy (non-hydrogen) atoms. The van der Waals surface area contributed by atoms with Gasteiger partial charge >= 0.3 is 5.97 Å². The van der Waals surface area contributed by atoms with Gasteiger partial charge in [0.2, 0.25) is 0 Å². The van der Waals surface area contributed by atoms with Gasteiger partial charge in [0, 0.05) is 16.4 Å². The quantitative estimate of drug-likeness (QED) is 0.792. The zero-order chi connectivity index (χ0) is 11.5. The Hall–Kier alpha value is -1.55. The standard InChI is InChI=1S/C12H10BrNO2/c1-16-12(15)11-3-2-8-14(11)10-6-4-9(13)5-7-10/h2-8H,1H3. The minimum Gasteiger partial charge on any atom is -0.464 e. The molecule has 0 aliphatic heterocycles. The van der Waals surface area contributed by atoms with Crippen LogP contribution in [0.1, 0.15) is 10.5 Å². The first-order chi connectivity index (χ1) is 7.72. The summed E-state index contributed by atoms with van der Waals surface area (Å²) in [6, 6.07) is 11.3. The molecule has 1 heterocycles. The minimum absolute atomic E-state index is 0.340. The molecular formula is C12H10BrNO2. The molecule has 0 saturated carbocycles. The highest BCUT2D eigenvalue weighted by molar-refractivity contribution is 9.10. The third kappa shape index (κ3) is 2.02. The van der Waals surface area contributed by atoms with E-state index in [9.17, 15) is 4.79 Å². The molecule has 2 rings (SSSR count). The summed E-state index contributed by atoms with van der Waals surface area (Å²) in [7, 11) is 1.38. The van der Waals surface area contributed by atoms with E-state index in [0.29, 0.717) is 5.69 Å². The summed E-state index contributed by atoms with van der Waals surface area (Å²) < 4.78 is 7.50. The van der Waals surface area contributed by atoms with Crippen molar-refractivity contribution in [3.63, 3.8) is 0 Å². The number of esters is 1. The highest BCUT2D eigenvalue weighted by Crippen LogP contribution is 2.16. The number of benzene rings is 1. The maximum atomic E-state index is 11.5. The van der Waals surface area contributed by atoms with Crippen molar-refractivity contribution in [3.05, 3.63) is 52.8 Å². The van der Waals surface area contributed by atoms with Crippen LogP contribution in [0.5, 0.6) is 0 Å². The fourth-order valence-electron chi connectivity index (χ4n) is 1.48. The lowest BCUT2D eigenvalue weighted by Crippen LogP contribution is -2.08. The first-order valence-corrected chi connectivity index (χ1v) is 5.53.